The second-order valence-electron chi connectivity index (χ2n) is 6.42. The van der Waals surface area contributed by atoms with Crippen LogP contribution in [-0.2, 0) is 6.54 Å². The third-order valence-electron chi connectivity index (χ3n) is 4.73. The third-order valence-corrected chi connectivity index (χ3v) is 4.73. The van der Waals surface area contributed by atoms with Crippen molar-refractivity contribution in [3.63, 3.8) is 0 Å². The maximum Gasteiger partial charge on any atom is 0.289 e. The normalized spacial score (nSPS) is 20.9. The zero-order valence-electron chi connectivity index (χ0n) is 13.6. The highest BCUT2D eigenvalue weighted by Gasteiger charge is 2.23. The van der Waals surface area contributed by atoms with E-state index in [-0.39, 0.29) is 5.91 Å². The summed E-state index contributed by atoms with van der Waals surface area (Å²) >= 11 is 0. The average molecular weight is 305 g/mol. The van der Waals surface area contributed by atoms with E-state index in [4.69, 9.17) is 4.42 Å². The lowest BCUT2D eigenvalue weighted by Crippen LogP contribution is -2.46. The van der Waals surface area contributed by atoms with E-state index < -0.39 is 0 Å². The maximum atomic E-state index is 12.5. The molecule has 0 unspecified atom stereocenters. The van der Waals surface area contributed by atoms with Crippen LogP contribution in [0.4, 0.5) is 0 Å². The first kappa shape index (κ1) is 15.6. The highest BCUT2D eigenvalue weighted by atomic mass is 16.4. The summed E-state index contributed by atoms with van der Waals surface area (Å²) in [4.78, 5) is 16.9. The number of nitrogens with zero attached hydrogens (tertiary/aromatic N) is 2. The van der Waals surface area contributed by atoms with Gasteiger partial charge in [0.25, 0.3) is 5.91 Å². The summed E-state index contributed by atoms with van der Waals surface area (Å²) in [5.74, 6) is 1.43. The van der Waals surface area contributed by atoms with E-state index in [9.17, 15) is 4.79 Å². The first-order valence-corrected chi connectivity index (χ1v) is 8.56. The second-order valence-corrected chi connectivity index (χ2v) is 6.42. The molecule has 0 bridgehead atoms. The van der Waals surface area contributed by atoms with Gasteiger partial charge in [-0.2, -0.15) is 0 Å². The summed E-state index contributed by atoms with van der Waals surface area (Å²) in [6.07, 6.45) is 5.24. The fourth-order valence-electron chi connectivity index (χ4n) is 3.34. The molecule has 0 radical (unpaired) electrons. The highest BCUT2D eigenvalue weighted by molar-refractivity contribution is 5.91. The van der Waals surface area contributed by atoms with E-state index in [1.807, 2.05) is 17.9 Å². The molecule has 5 nitrogen and oxygen atoms in total. The van der Waals surface area contributed by atoms with Crippen LogP contribution in [0.5, 0.6) is 0 Å². The van der Waals surface area contributed by atoms with Gasteiger partial charge in [-0.05, 0) is 38.9 Å². The van der Waals surface area contributed by atoms with Crippen molar-refractivity contribution < 1.29 is 9.21 Å². The van der Waals surface area contributed by atoms with Gasteiger partial charge in [-0.3, -0.25) is 9.69 Å². The van der Waals surface area contributed by atoms with Gasteiger partial charge in [0, 0.05) is 38.3 Å². The van der Waals surface area contributed by atoms with Gasteiger partial charge in [-0.15, -0.1) is 0 Å². The van der Waals surface area contributed by atoms with Gasteiger partial charge in [-0.1, -0.05) is 12.8 Å². The molecule has 1 aromatic heterocycles. The highest BCUT2D eigenvalue weighted by Crippen LogP contribution is 2.20. The first-order chi connectivity index (χ1) is 10.7. The van der Waals surface area contributed by atoms with Crippen LogP contribution in [0, 0.1) is 6.92 Å². The van der Waals surface area contributed by atoms with Crippen LogP contribution in [0.2, 0.25) is 0 Å². The molecule has 5 heteroatoms. The van der Waals surface area contributed by atoms with Crippen LogP contribution in [-0.4, -0.2) is 55.0 Å². The van der Waals surface area contributed by atoms with Gasteiger partial charge in [0.1, 0.15) is 5.76 Å². The number of rotatable bonds is 3. The molecule has 0 spiro atoms. The summed E-state index contributed by atoms with van der Waals surface area (Å²) < 4.78 is 5.76. The molecule has 2 aliphatic rings. The van der Waals surface area contributed by atoms with Crippen LogP contribution in [0.15, 0.2) is 10.5 Å². The van der Waals surface area contributed by atoms with Crippen LogP contribution in [0.3, 0.4) is 0 Å². The Morgan fingerprint density at radius 3 is 2.50 bits per heavy atom. The maximum absolute atomic E-state index is 12.5. The van der Waals surface area contributed by atoms with Crippen molar-refractivity contribution in [3.05, 3.63) is 23.2 Å². The quantitative estimate of drug-likeness (QED) is 0.928. The molecule has 0 aromatic carbocycles. The molecule has 2 fully saturated rings. The lowest BCUT2D eigenvalue weighted by molar-refractivity contribution is 0.0702. The minimum atomic E-state index is 0.0340. The molecule has 122 valence electrons. The number of hydrogen-bond acceptors (Lipinski definition) is 4. The van der Waals surface area contributed by atoms with Crippen LogP contribution >= 0.6 is 0 Å². The molecule has 1 N–H and O–H groups in total. The van der Waals surface area contributed by atoms with Gasteiger partial charge in [-0.25, -0.2) is 0 Å². The fraction of sp³-hybridized carbons (Fsp3) is 0.706. The van der Waals surface area contributed by atoms with Crippen molar-refractivity contribution >= 4 is 5.91 Å². The van der Waals surface area contributed by atoms with Crippen molar-refractivity contribution in [1.29, 1.82) is 0 Å². The Balaban J connectivity index is 1.65. The first-order valence-electron chi connectivity index (χ1n) is 8.56. The van der Waals surface area contributed by atoms with E-state index in [1.54, 1.807) is 0 Å². The minimum absolute atomic E-state index is 0.0340. The standard InChI is InChI=1S/C17H27N3O2/c1-14-15(13-19-8-4-2-3-5-9-19)12-16(22-14)17(21)20-10-6-18-7-11-20/h12,18H,2-11,13H2,1H3. The Kier molecular flexibility index (Phi) is 5.16. The molecule has 1 aromatic rings. The zero-order chi connectivity index (χ0) is 15.4. The zero-order valence-corrected chi connectivity index (χ0v) is 13.6. The lowest BCUT2D eigenvalue weighted by atomic mass is 10.2. The van der Waals surface area contributed by atoms with Crippen LogP contribution in [0.25, 0.3) is 0 Å². The molecule has 2 saturated heterocycles. The van der Waals surface area contributed by atoms with E-state index in [2.05, 4.69) is 10.2 Å². The predicted molar refractivity (Wildman–Crippen MR) is 86.0 cm³/mol. The van der Waals surface area contributed by atoms with Gasteiger partial charge in [0.05, 0.1) is 0 Å². The summed E-state index contributed by atoms with van der Waals surface area (Å²) in [5.41, 5.74) is 1.17. The molecule has 3 heterocycles. The Morgan fingerprint density at radius 2 is 1.82 bits per heavy atom. The summed E-state index contributed by atoms with van der Waals surface area (Å²) in [6, 6.07) is 1.96. The van der Waals surface area contributed by atoms with E-state index in [0.29, 0.717) is 5.76 Å². The largest absolute Gasteiger partial charge is 0.456 e. The molecular formula is C17H27N3O2. The SMILES string of the molecule is Cc1oc(C(=O)N2CCNCC2)cc1CN1CCCCCC1. The molecule has 3 rings (SSSR count). The number of likely N-dealkylation sites (tertiary alicyclic amines) is 1. The van der Waals surface area contributed by atoms with Crippen molar-refractivity contribution in [2.75, 3.05) is 39.3 Å². The van der Waals surface area contributed by atoms with E-state index in [0.717, 1.165) is 51.6 Å². The summed E-state index contributed by atoms with van der Waals surface area (Å²) in [7, 11) is 0. The molecule has 1 amide bonds. The minimum Gasteiger partial charge on any atom is -0.456 e. The van der Waals surface area contributed by atoms with Crippen LogP contribution < -0.4 is 5.32 Å². The van der Waals surface area contributed by atoms with Crippen LogP contribution in [0.1, 0.15) is 47.6 Å². The predicted octanol–water partition coefficient (Wildman–Crippen LogP) is 2.01. The van der Waals surface area contributed by atoms with Crippen molar-refractivity contribution in [3.8, 4) is 0 Å². The summed E-state index contributed by atoms with van der Waals surface area (Å²) in [6.45, 7) is 8.46. The molecule has 22 heavy (non-hydrogen) atoms. The molecular weight excluding hydrogens is 278 g/mol. The third kappa shape index (κ3) is 3.70. The smallest absolute Gasteiger partial charge is 0.289 e. The second kappa shape index (κ2) is 7.29. The van der Waals surface area contributed by atoms with Crippen molar-refractivity contribution in [1.82, 2.24) is 15.1 Å². The average Bonchev–Trinajstić information content (AvgIpc) is 2.75. The van der Waals surface area contributed by atoms with Gasteiger partial charge in [0.2, 0.25) is 0 Å². The molecule has 0 atom stereocenters. The number of hydrogen-bond donors (Lipinski definition) is 1. The van der Waals surface area contributed by atoms with Crippen molar-refractivity contribution in [2.45, 2.75) is 39.2 Å². The van der Waals surface area contributed by atoms with Gasteiger partial charge in [0.15, 0.2) is 5.76 Å². The summed E-state index contributed by atoms with van der Waals surface area (Å²) in [5, 5.41) is 3.27. The Labute approximate surface area is 132 Å². The molecule has 0 aliphatic carbocycles. The van der Waals surface area contributed by atoms with E-state index >= 15 is 0 Å². The molecule has 2 aliphatic heterocycles. The topological polar surface area (TPSA) is 48.7 Å². The number of furan rings is 1. The number of aryl methyl sites for hydroxylation is 1. The fourth-order valence-corrected chi connectivity index (χ4v) is 3.34. The Hall–Kier alpha value is -1.33. The number of amides is 1. The monoisotopic (exact) mass is 305 g/mol. The van der Waals surface area contributed by atoms with Gasteiger partial charge < -0.3 is 14.6 Å². The number of carbonyl (C=O) groups excluding carboxylic acids is 1. The van der Waals surface area contributed by atoms with E-state index in [1.165, 1.54) is 31.2 Å². The number of nitrogens with one attached hydrogen (secondary N) is 1. The Bertz CT molecular complexity index is 498. The number of piperazine rings is 1. The lowest BCUT2D eigenvalue weighted by Gasteiger charge is -2.26. The number of carbonyl (C=O) groups is 1. The Morgan fingerprint density at radius 1 is 1.14 bits per heavy atom. The van der Waals surface area contributed by atoms with Gasteiger partial charge >= 0.3 is 0 Å². The van der Waals surface area contributed by atoms with Crippen molar-refractivity contribution in [2.24, 2.45) is 0 Å². The molecule has 0 saturated carbocycles.